The predicted octanol–water partition coefficient (Wildman–Crippen LogP) is 7.49. The lowest BCUT2D eigenvalue weighted by Gasteiger charge is -2.40. The van der Waals surface area contributed by atoms with Gasteiger partial charge in [0.05, 0.1) is 16.9 Å². The molecule has 0 amide bonds. The average Bonchev–Trinajstić information content (AvgIpc) is 2.67. The molecule has 2 aromatic carbocycles. The number of hydrogen-bond acceptors (Lipinski definition) is 5. The molecule has 174 valence electrons. The second-order valence-electron chi connectivity index (χ2n) is 10.6. The number of ether oxygens (including phenoxy) is 4. The minimum Gasteiger partial charge on any atom is -0.454 e. The first kappa shape index (κ1) is 23.0. The van der Waals surface area contributed by atoms with E-state index in [9.17, 15) is 0 Å². The quantitative estimate of drug-likeness (QED) is 0.344. The Kier molecular flexibility index (Phi) is 5.74. The van der Waals surface area contributed by atoms with Crippen molar-refractivity contribution >= 4 is 19.1 Å². The molecule has 0 radical (unpaired) electrons. The van der Waals surface area contributed by atoms with E-state index in [4.69, 9.17) is 23.4 Å². The van der Waals surface area contributed by atoms with Crippen molar-refractivity contribution < 1.29 is 23.4 Å². The molecule has 32 heavy (non-hydrogen) atoms. The summed E-state index contributed by atoms with van der Waals surface area (Å²) in [6.45, 7) is 19.5. The van der Waals surface area contributed by atoms with Gasteiger partial charge in [-0.2, -0.15) is 0 Å². The summed E-state index contributed by atoms with van der Waals surface area (Å²) in [5, 5.41) is 1.90. The summed E-state index contributed by atoms with van der Waals surface area (Å²) in [6.07, 6.45) is 2.11. The highest BCUT2D eigenvalue weighted by molar-refractivity contribution is 6.74. The van der Waals surface area contributed by atoms with Crippen molar-refractivity contribution in [1.29, 1.82) is 0 Å². The minimum absolute atomic E-state index is 0.0903. The van der Waals surface area contributed by atoms with Gasteiger partial charge in [0.2, 0.25) is 12.6 Å². The molecule has 0 aliphatic carbocycles. The Morgan fingerprint density at radius 3 is 2.12 bits per heavy atom. The van der Waals surface area contributed by atoms with Gasteiger partial charge in [-0.15, -0.1) is 0 Å². The summed E-state index contributed by atoms with van der Waals surface area (Å²) in [7, 11) is -2.06. The highest BCUT2D eigenvalue weighted by Gasteiger charge is 2.41. The van der Waals surface area contributed by atoms with E-state index in [1.807, 2.05) is 26.0 Å². The van der Waals surface area contributed by atoms with Gasteiger partial charge in [0.15, 0.2) is 8.32 Å². The van der Waals surface area contributed by atoms with Gasteiger partial charge >= 0.3 is 0 Å². The molecule has 2 aromatic rings. The molecule has 2 heterocycles. The fraction of sp³-hybridized carbons (Fsp3) is 0.538. The molecule has 4 rings (SSSR count). The van der Waals surface area contributed by atoms with E-state index in [1.54, 1.807) is 0 Å². The fourth-order valence-corrected chi connectivity index (χ4v) is 5.27. The second-order valence-corrected chi connectivity index (χ2v) is 15.4. The van der Waals surface area contributed by atoms with Crippen LogP contribution in [0.15, 0.2) is 29.8 Å². The molecular weight excluding hydrogens is 420 g/mol. The van der Waals surface area contributed by atoms with Gasteiger partial charge < -0.3 is 23.4 Å². The van der Waals surface area contributed by atoms with Gasteiger partial charge in [0.25, 0.3) is 0 Å². The smallest absolute Gasteiger partial charge is 0.238 e. The van der Waals surface area contributed by atoms with E-state index in [1.165, 1.54) is 5.57 Å². The Labute approximate surface area is 192 Å². The van der Waals surface area contributed by atoms with Gasteiger partial charge in [-0.25, -0.2) is 0 Å². The van der Waals surface area contributed by atoms with Crippen molar-refractivity contribution in [3.63, 3.8) is 0 Å². The maximum Gasteiger partial charge on any atom is 0.238 e. The second kappa shape index (κ2) is 7.99. The van der Waals surface area contributed by atoms with E-state index < -0.39 is 8.32 Å². The van der Waals surface area contributed by atoms with Gasteiger partial charge in [0, 0.05) is 19.4 Å². The zero-order valence-corrected chi connectivity index (χ0v) is 21.8. The minimum atomic E-state index is -2.06. The first-order valence-corrected chi connectivity index (χ1v) is 14.4. The van der Waals surface area contributed by atoms with Crippen LogP contribution in [0.4, 0.5) is 0 Å². The van der Waals surface area contributed by atoms with E-state index in [0.717, 1.165) is 45.8 Å². The molecule has 0 saturated heterocycles. The summed E-state index contributed by atoms with van der Waals surface area (Å²) in [6, 6.07) is 6.01. The largest absolute Gasteiger partial charge is 0.454 e. The molecular formula is C26H36O5Si. The van der Waals surface area contributed by atoms with E-state index in [-0.39, 0.29) is 23.7 Å². The average molecular weight is 457 g/mol. The number of allylic oxidation sites excluding steroid dienone is 1. The predicted molar refractivity (Wildman–Crippen MR) is 130 cm³/mol. The van der Waals surface area contributed by atoms with Crippen LogP contribution in [-0.2, 0) is 4.43 Å². The van der Waals surface area contributed by atoms with Crippen LogP contribution in [0.2, 0.25) is 18.1 Å². The van der Waals surface area contributed by atoms with Gasteiger partial charge in [-0.05, 0) is 56.6 Å². The zero-order valence-electron chi connectivity index (χ0n) is 20.8. The van der Waals surface area contributed by atoms with Gasteiger partial charge in [-0.3, -0.25) is 0 Å². The van der Waals surface area contributed by atoms with Crippen LogP contribution in [-0.4, -0.2) is 20.9 Å². The van der Waals surface area contributed by atoms with Crippen molar-refractivity contribution in [2.24, 2.45) is 0 Å². The van der Waals surface area contributed by atoms with Crippen LogP contribution in [0.1, 0.15) is 66.6 Å². The summed E-state index contributed by atoms with van der Waals surface area (Å²) in [4.78, 5) is 0. The third kappa shape index (κ3) is 4.10. The third-order valence-electron chi connectivity index (χ3n) is 6.64. The van der Waals surface area contributed by atoms with Crippen LogP contribution in [0.25, 0.3) is 10.8 Å². The Balaban J connectivity index is 1.94. The van der Waals surface area contributed by atoms with Crippen LogP contribution in [0, 0.1) is 0 Å². The molecule has 3 atom stereocenters. The van der Waals surface area contributed by atoms with Crippen molar-refractivity contribution in [2.75, 3.05) is 0 Å². The number of hydrogen-bond donors (Lipinski definition) is 0. The van der Waals surface area contributed by atoms with E-state index in [0.29, 0.717) is 0 Å². The molecule has 0 fully saturated rings. The van der Waals surface area contributed by atoms with Crippen LogP contribution in [0.3, 0.4) is 0 Å². The third-order valence-corrected chi connectivity index (χ3v) is 11.1. The van der Waals surface area contributed by atoms with Crippen LogP contribution >= 0.6 is 0 Å². The highest BCUT2D eigenvalue weighted by Crippen LogP contribution is 2.53. The fourth-order valence-electron chi connectivity index (χ4n) is 3.98. The van der Waals surface area contributed by atoms with E-state index >= 15 is 0 Å². The van der Waals surface area contributed by atoms with Crippen LogP contribution in [0.5, 0.6) is 23.0 Å². The van der Waals surface area contributed by atoms with Gasteiger partial charge in [-0.1, -0.05) is 32.4 Å². The molecule has 5 nitrogen and oxygen atoms in total. The summed E-state index contributed by atoms with van der Waals surface area (Å²) >= 11 is 0. The number of rotatable bonds is 5. The van der Waals surface area contributed by atoms with Crippen molar-refractivity contribution in [3.8, 4) is 23.0 Å². The summed E-state index contributed by atoms with van der Waals surface area (Å²) in [5.41, 5.74) is 2.28. The highest BCUT2D eigenvalue weighted by atomic mass is 28.4. The lowest BCUT2D eigenvalue weighted by molar-refractivity contribution is 0.00691. The zero-order chi connectivity index (χ0) is 23.4. The Morgan fingerprint density at radius 1 is 0.969 bits per heavy atom. The molecule has 0 saturated carbocycles. The molecule has 0 aromatic heterocycles. The molecule has 0 N–H and O–H groups in total. The van der Waals surface area contributed by atoms with Crippen molar-refractivity contribution in [2.45, 2.75) is 91.7 Å². The maximum absolute atomic E-state index is 6.99. The molecule has 0 spiro atoms. The maximum atomic E-state index is 6.99. The molecule has 2 unspecified atom stereocenters. The summed E-state index contributed by atoms with van der Waals surface area (Å²) in [5.74, 6) is 3.18. The summed E-state index contributed by atoms with van der Waals surface area (Å²) < 4.78 is 31.4. The molecule has 2 aliphatic rings. The number of benzene rings is 2. The van der Waals surface area contributed by atoms with E-state index in [2.05, 4.69) is 59.9 Å². The Morgan fingerprint density at radius 2 is 1.53 bits per heavy atom. The molecule has 0 bridgehead atoms. The Hall–Kier alpha value is -2.18. The van der Waals surface area contributed by atoms with Crippen LogP contribution < -0.4 is 18.9 Å². The van der Waals surface area contributed by atoms with Crippen molar-refractivity contribution in [1.82, 2.24) is 0 Å². The van der Waals surface area contributed by atoms with Gasteiger partial charge in [0.1, 0.15) is 23.0 Å². The first-order chi connectivity index (χ1) is 14.9. The normalized spacial score (nSPS) is 20.5. The SMILES string of the molecule is CC(C)=CC[C@H](O[Si](C)(C)C(C)(C)C)c1cc2c3c(ccc4c3c1OC(C)O4)OC(C)O2. The first-order valence-electron chi connectivity index (χ1n) is 11.5. The monoisotopic (exact) mass is 456 g/mol. The molecule has 6 heteroatoms. The Bertz CT molecular complexity index is 1060. The topological polar surface area (TPSA) is 46.2 Å². The lowest BCUT2D eigenvalue weighted by Crippen LogP contribution is -2.42. The van der Waals surface area contributed by atoms with Crippen molar-refractivity contribution in [3.05, 3.63) is 35.4 Å². The lowest BCUT2D eigenvalue weighted by atomic mass is 9.96. The molecule has 2 aliphatic heterocycles. The standard InChI is InChI=1S/C26H36O5Si/c1-15(2)10-11-19(31-32(8,9)26(5,6)7)18-14-22-23-20(27-16(3)29-22)12-13-21-24(23)25(18)30-17(4)28-21/h10,12-14,16-17,19H,11H2,1-9H3/t16?,17?,19-/m0/s1.